The van der Waals surface area contributed by atoms with Gasteiger partial charge in [-0.25, -0.2) is 0 Å². The van der Waals surface area contributed by atoms with E-state index >= 15 is 0 Å². The lowest BCUT2D eigenvalue weighted by molar-refractivity contribution is -0.122. The van der Waals surface area contributed by atoms with Gasteiger partial charge in [0.05, 0.1) is 12.6 Å². The maximum atomic E-state index is 12.6. The summed E-state index contributed by atoms with van der Waals surface area (Å²) in [4.78, 5) is 38.4. The first kappa shape index (κ1) is 19.4. The molecular formula is C22H22N2O4. The van der Waals surface area contributed by atoms with Crippen LogP contribution in [-0.4, -0.2) is 47.2 Å². The minimum atomic E-state index is -0.596. The molecular weight excluding hydrogens is 356 g/mol. The molecule has 1 heterocycles. The highest BCUT2D eigenvalue weighted by atomic mass is 16.3. The number of aliphatic hydroxyl groups is 1. The molecule has 2 amide bonds. The summed E-state index contributed by atoms with van der Waals surface area (Å²) in [6, 6.07) is 17.7. The third kappa shape index (κ3) is 4.28. The van der Waals surface area contributed by atoms with Crippen LogP contribution in [-0.2, 0) is 16.0 Å². The summed E-state index contributed by atoms with van der Waals surface area (Å²) in [6.07, 6.45) is 1.14. The van der Waals surface area contributed by atoms with E-state index in [0.29, 0.717) is 18.4 Å². The molecule has 6 nitrogen and oxygen atoms in total. The van der Waals surface area contributed by atoms with E-state index in [2.05, 4.69) is 5.32 Å². The number of rotatable bonds is 7. The molecule has 0 fully saturated rings. The number of nitrogens with zero attached hydrogens (tertiary/aromatic N) is 1. The zero-order valence-corrected chi connectivity index (χ0v) is 15.6. The average molecular weight is 378 g/mol. The first-order chi connectivity index (χ1) is 13.5. The quantitative estimate of drug-likeness (QED) is 0.724. The number of carbonyl (C=O) groups excluding carboxylic acids is 3. The molecule has 0 saturated carbocycles. The van der Waals surface area contributed by atoms with Gasteiger partial charge < -0.3 is 15.3 Å². The van der Waals surface area contributed by atoms with Gasteiger partial charge in [0.15, 0.2) is 5.78 Å². The van der Waals surface area contributed by atoms with Crippen LogP contribution in [0.25, 0.3) is 0 Å². The van der Waals surface area contributed by atoms with Gasteiger partial charge in [-0.15, -0.1) is 0 Å². The van der Waals surface area contributed by atoms with Crippen molar-refractivity contribution < 1.29 is 19.5 Å². The Bertz CT molecular complexity index is 907. The van der Waals surface area contributed by atoms with Crippen LogP contribution in [0.3, 0.4) is 0 Å². The predicted octanol–water partition coefficient (Wildman–Crippen LogP) is 2.27. The molecule has 0 spiro atoms. The second-order valence-electron chi connectivity index (χ2n) is 6.76. The van der Waals surface area contributed by atoms with E-state index in [1.54, 1.807) is 30.3 Å². The fraction of sp³-hybridized carbons (Fsp3) is 0.227. The number of aryl methyl sites for hydroxylation is 1. The summed E-state index contributed by atoms with van der Waals surface area (Å²) >= 11 is 0. The first-order valence-corrected chi connectivity index (χ1v) is 9.09. The zero-order chi connectivity index (χ0) is 20.1. The van der Waals surface area contributed by atoms with E-state index < -0.39 is 17.7 Å². The molecule has 0 aliphatic carbocycles. The topological polar surface area (TPSA) is 86.7 Å². The minimum Gasteiger partial charge on any atom is -0.509 e. The lowest BCUT2D eigenvalue weighted by Gasteiger charge is -2.16. The second-order valence-corrected chi connectivity index (χ2v) is 6.76. The Balaban J connectivity index is 1.65. The number of carbonyl (C=O) groups is 3. The summed E-state index contributed by atoms with van der Waals surface area (Å²) in [6.45, 7) is -0.286. The lowest BCUT2D eigenvalue weighted by Crippen LogP contribution is -2.35. The van der Waals surface area contributed by atoms with Crippen molar-refractivity contribution in [1.82, 2.24) is 10.2 Å². The number of hydrogen-bond acceptors (Lipinski definition) is 4. The summed E-state index contributed by atoms with van der Waals surface area (Å²) < 4.78 is 0. The maximum absolute atomic E-state index is 12.6. The second kappa shape index (κ2) is 8.52. The molecule has 6 heteroatoms. The van der Waals surface area contributed by atoms with Crippen LogP contribution in [0, 0.1) is 0 Å². The molecule has 0 radical (unpaired) electrons. The maximum Gasteiger partial charge on any atom is 0.259 e. The molecule has 0 bridgehead atoms. The van der Waals surface area contributed by atoms with Crippen molar-refractivity contribution in [2.45, 2.75) is 18.9 Å². The third-order valence-electron chi connectivity index (χ3n) is 4.71. The molecule has 28 heavy (non-hydrogen) atoms. The van der Waals surface area contributed by atoms with Gasteiger partial charge in [0.2, 0.25) is 0 Å². The molecule has 0 aromatic heterocycles. The van der Waals surface area contributed by atoms with E-state index in [4.69, 9.17) is 0 Å². The highest BCUT2D eigenvalue weighted by Gasteiger charge is 2.36. The van der Waals surface area contributed by atoms with Crippen molar-refractivity contribution in [3.05, 3.63) is 83.1 Å². The van der Waals surface area contributed by atoms with Crippen LogP contribution in [0.1, 0.15) is 22.3 Å². The molecule has 2 aromatic rings. The van der Waals surface area contributed by atoms with Crippen molar-refractivity contribution in [2.75, 3.05) is 13.6 Å². The van der Waals surface area contributed by atoms with Gasteiger partial charge in [-0.3, -0.25) is 14.4 Å². The average Bonchev–Trinajstić information content (AvgIpc) is 3.00. The Kier molecular flexibility index (Phi) is 5.89. The van der Waals surface area contributed by atoms with Gasteiger partial charge in [-0.2, -0.15) is 0 Å². The fourth-order valence-corrected chi connectivity index (χ4v) is 3.19. The largest absolute Gasteiger partial charge is 0.509 e. The molecule has 1 aliphatic rings. The normalized spacial score (nSPS) is 16.0. The fourth-order valence-electron chi connectivity index (χ4n) is 3.19. The van der Waals surface area contributed by atoms with Gasteiger partial charge in [0, 0.05) is 12.6 Å². The van der Waals surface area contributed by atoms with E-state index in [1.807, 2.05) is 30.3 Å². The van der Waals surface area contributed by atoms with Gasteiger partial charge >= 0.3 is 0 Å². The van der Waals surface area contributed by atoms with E-state index in [0.717, 1.165) is 5.56 Å². The van der Waals surface area contributed by atoms with Gasteiger partial charge in [-0.05, 0) is 30.5 Å². The highest BCUT2D eigenvalue weighted by molar-refractivity contribution is 6.22. The van der Waals surface area contributed by atoms with Crippen molar-refractivity contribution in [1.29, 1.82) is 0 Å². The first-order valence-electron chi connectivity index (χ1n) is 9.09. The Hall–Kier alpha value is -3.41. The molecule has 1 unspecified atom stereocenters. The van der Waals surface area contributed by atoms with Crippen LogP contribution in [0.2, 0.25) is 0 Å². The Labute approximate surface area is 163 Å². The summed E-state index contributed by atoms with van der Waals surface area (Å²) in [5, 5.41) is 13.1. The molecule has 2 N–H and O–H groups in total. The van der Waals surface area contributed by atoms with E-state index in [1.165, 1.54) is 11.9 Å². The van der Waals surface area contributed by atoms with Gasteiger partial charge in [-0.1, -0.05) is 48.5 Å². The van der Waals surface area contributed by atoms with Crippen LogP contribution in [0.15, 0.2) is 72.0 Å². The zero-order valence-electron chi connectivity index (χ0n) is 15.6. The number of ketones is 1. The number of amides is 2. The number of hydrogen-bond donors (Lipinski definition) is 2. The predicted molar refractivity (Wildman–Crippen MR) is 105 cm³/mol. The van der Waals surface area contributed by atoms with Gasteiger partial charge in [0.25, 0.3) is 11.8 Å². The summed E-state index contributed by atoms with van der Waals surface area (Å²) in [5.74, 6) is -1.75. The number of Topliss-reactive ketones (excluding diaryl/α,β-unsaturated/α-hetero) is 1. The Morgan fingerprint density at radius 2 is 1.64 bits per heavy atom. The smallest absolute Gasteiger partial charge is 0.259 e. The van der Waals surface area contributed by atoms with Crippen molar-refractivity contribution in [3.8, 4) is 0 Å². The lowest BCUT2D eigenvalue weighted by atomic mass is 10.0. The van der Waals surface area contributed by atoms with Crippen molar-refractivity contribution in [2.24, 2.45) is 0 Å². The van der Waals surface area contributed by atoms with Crippen LogP contribution >= 0.6 is 0 Å². The molecule has 1 aliphatic heterocycles. The summed E-state index contributed by atoms with van der Waals surface area (Å²) in [7, 11) is 1.49. The van der Waals surface area contributed by atoms with Crippen LogP contribution in [0.5, 0.6) is 0 Å². The molecule has 3 rings (SSSR count). The molecule has 0 saturated heterocycles. The number of benzene rings is 2. The summed E-state index contributed by atoms with van der Waals surface area (Å²) in [5.41, 5.74) is 1.27. The van der Waals surface area contributed by atoms with E-state index in [-0.39, 0.29) is 23.8 Å². The third-order valence-corrected chi connectivity index (χ3v) is 4.71. The SMILES string of the molecule is CN(CC(=O)C1=C(O)C(CCc2ccccc2)NC1=O)C(=O)c1ccccc1. The standard InChI is InChI=1S/C22H22N2O4/c1-24(22(28)16-10-6-3-7-11-16)14-18(25)19-20(26)17(23-21(19)27)13-12-15-8-4-2-5-9-15/h2-11,17,26H,12-14H2,1H3,(H,23,27). The number of nitrogens with one attached hydrogen (secondary N) is 1. The number of likely N-dealkylation sites (N-methyl/N-ethyl adjacent to an activating group) is 1. The Morgan fingerprint density at radius 3 is 2.29 bits per heavy atom. The van der Waals surface area contributed by atoms with Crippen LogP contribution in [0.4, 0.5) is 0 Å². The minimum absolute atomic E-state index is 0.244. The molecule has 144 valence electrons. The number of aliphatic hydroxyl groups excluding tert-OH is 1. The van der Waals surface area contributed by atoms with Crippen LogP contribution < -0.4 is 5.32 Å². The van der Waals surface area contributed by atoms with E-state index in [9.17, 15) is 19.5 Å². The molecule has 1 atom stereocenters. The van der Waals surface area contributed by atoms with Crippen molar-refractivity contribution in [3.63, 3.8) is 0 Å². The highest BCUT2D eigenvalue weighted by Crippen LogP contribution is 2.20. The molecule has 2 aromatic carbocycles. The monoisotopic (exact) mass is 378 g/mol. The van der Waals surface area contributed by atoms with Crippen molar-refractivity contribution >= 4 is 17.6 Å². The van der Waals surface area contributed by atoms with Gasteiger partial charge in [0.1, 0.15) is 11.3 Å². The Morgan fingerprint density at radius 1 is 1.04 bits per heavy atom.